The van der Waals surface area contributed by atoms with Crippen molar-refractivity contribution < 1.29 is 18.8 Å². The fourth-order valence-electron chi connectivity index (χ4n) is 6.30. The van der Waals surface area contributed by atoms with E-state index in [1.165, 1.54) is 39.7 Å². The van der Waals surface area contributed by atoms with E-state index in [0.29, 0.717) is 23.2 Å². The summed E-state index contributed by atoms with van der Waals surface area (Å²) < 4.78 is 21.2. The number of halogens is 1. The number of carboxylic acid groups (broad SMARTS) is 1. The summed E-state index contributed by atoms with van der Waals surface area (Å²) >= 11 is 1.37. The molecule has 6 rings (SSSR count). The Balaban J connectivity index is 1.23. The zero-order valence-corrected chi connectivity index (χ0v) is 24.1. The number of hydrogen-bond donors (Lipinski definition) is 2. The Morgan fingerprint density at radius 2 is 1.98 bits per heavy atom. The van der Waals surface area contributed by atoms with E-state index < -0.39 is 11.8 Å². The van der Waals surface area contributed by atoms with Crippen LogP contribution < -0.4 is 10.2 Å². The predicted octanol–water partition coefficient (Wildman–Crippen LogP) is 7.21. The number of carboxylic acids is 1. The minimum absolute atomic E-state index is 0.0530. The predicted molar refractivity (Wildman–Crippen MR) is 156 cm³/mol. The minimum atomic E-state index is -1.14. The van der Waals surface area contributed by atoms with Gasteiger partial charge in [-0.15, -0.1) is 0 Å². The molecule has 0 spiro atoms. The molecular weight excluding hydrogens is 527 g/mol. The number of fused-ring (bicyclic) bond motifs is 1. The van der Waals surface area contributed by atoms with Gasteiger partial charge in [-0.25, -0.2) is 14.2 Å². The number of aromatic carboxylic acids is 1. The van der Waals surface area contributed by atoms with Crippen LogP contribution in [-0.4, -0.2) is 39.3 Å². The normalized spacial score (nSPS) is 21.3. The van der Waals surface area contributed by atoms with Gasteiger partial charge in [0.15, 0.2) is 10.9 Å². The van der Waals surface area contributed by atoms with Crippen molar-refractivity contribution >= 4 is 32.7 Å². The molecule has 0 amide bonds. The standard InChI is InChI=1S/C31H35FN4O3S/c1-5-22-14-21(11-18(4)36(22)31-34-28-24(32)12-20(30(37)38)13-25(28)40-31)33-15-23-27(35-39-29(23)19-9-10-19)26-16(2)7-6-8-17(26)3/h6-8,12-13,18-19,21-22,33H,5,9-11,14-15H2,1-4H3,(H,37,38). The van der Waals surface area contributed by atoms with Gasteiger partial charge in [-0.05, 0) is 76.1 Å². The van der Waals surface area contributed by atoms with Gasteiger partial charge in [-0.2, -0.15) is 0 Å². The van der Waals surface area contributed by atoms with Gasteiger partial charge in [0.1, 0.15) is 17.0 Å². The summed E-state index contributed by atoms with van der Waals surface area (Å²) in [6, 6.07) is 9.63. The zero-order chi connectivity index (χ0) is 28.1. The molecule has 9 heteroatoms. The molecule has 2 N–H and O–H groups in total. The van der Waals surface area contributed by atoms with Crippen molar-refractivity contribution in [1.29, 1.82) is 0 Å². The lowest BCUT2D eigenvalue weighted by Crippen LogP contribution is -2.53. The Hall–Kier alpha value is -3.30. The van der Waals surface area contributed by atoms with Crippen LogP contribution in [0, 0.1) is 19.7 Å². The van der Waals surface area contributed by atoms with E-state index in [2.05, 4.69) is 66.3 Å². The lowest BCUT2D eigenvalue weighted by molar-refractivity contribution is 0.0696. The summed E-state index contributed by atoms with van der Waals surface area (Å²) in [6.45, 7) is 9.33. The quantitative estimate of drug-likeness (QED) is 0.234. The van der Waals surface area contributed by atoms with Gasteiger partial charge in [0.25, 0.3) is 0 Å². The first-order chi connectivity index (χ1) is 19.2. The molecule has 1 aliphatic carbocycles. The molecule has 4 aromatic rings. The van der Waals surface area contributed by atoms with E-state index in [4.69, 9.17) is 4.52 Å². The van der Waals surface area contributed by atoms with Gasteiger partial charge in [-0.3, -0.25) is 0 Å². The smallest absolute Gasteiger partial charge is 0.335 e. The molecule has 210 valence electrons. The van der Waals surface area contributed by atoms with E-state index in [1.54, 1.807) is 0 Å². The fraction of sp³-hybridized carbons (Fsp3) is 0.452. The summed E-state index contributed by atoms with van der Waals surface area (Å²) in [7, 11) is 0. The Labute approximate surface area is 237 Å². The molecule has 0 radical (unpaired) electrons. The van der Waals surface area contributed by atoms with Crippen LogP contribution in [0.15, 0.2) is 34.9 Å². The number of piperidine rings is 1. The third kappa shape index (κ3) is 4.90. The maximum absolute atomic E-state index is 14.7. The van der Waals surface area contributed by atoms with Crippen LogP contribution in [0.4, 0.5) is 9.52 Å². The fourth-order valence-corrected chi connectivity index (χ4v) is 7.49. The van der Waals surface area contributed by atoms with Crippen LogP contribution >= 0.6 is 11.3 Å². The third-order valence-electron chi connectivity index (χ3n) is 8.48. The lowest BCUT2D eigenvalue weighted by Gasteiger charge is -2.44. The van der Waals surface area contributed by atoms with Gasteiger partial charge in [0.2, 0.25) is 0 Å². The number of carbonyl (C=O) groups is 1. The maximum Gasteiger partial charge on any atom is 0.335 e. The van der Waals surface area contributed by atoms with Crippen LogP contribution in [0.1, 0.15) is 84.7 Å². The average molecular weight is 563 g/mol. The van der Waals surface area contributed by atoms with Gasteiger partial charge in [0.05, 0.1) is 10.3 Å². The Kier molecular flexibility index (Phi) is 7.12. The molecule has 2 aromatic carbocycles. The molecule has 1 saturated heterocycles. The first kappa shape index (κ1) is 26.9. The molecule has 2 aliphatic rings. The van der Waals surface area contributed by atoms with Crippen molar-refractivity contribution in [2.75, 3.05) is 4.90 Å². The highest BCUT2D eigenvalue weighted by atomic mass is 32.1. The number of hydrogen-bond acceptors (Lipinski definition) is 7. The van der Waals surface area contributed by atoms with Crippen molar-refractivity contribution in [2.24, 2.45) is 0 Å². The number of thiazole rings is 1. The average Bonchev–Trinajstić information content (AvgIpc) is 3.53. The third-order valence-corrected chi connectivity index (χ3v) is 9.49. The molecule has 3 atom stereocenters. The SMILES string of the molecule is CCC1CC(NCc2c(-c3c(C)cccc3C)noc2C2CC2)CC(C)N1c1nc2c(F)cc(C(=O)O)cc2s1. The molecule has 7 nitrogen and oxygen atoms in total. The molecule has 3 heterocycles. The molecule has 3 unspecified atom stereocenters. The second-order valence-electron chi connectivity index (χ2n) is 11.4. The Bertz CT molecular complexity index is 1560. The van der Waals surface area contributed by atoms with E-state index in [0.717, 1.165) is 54.8 Å². The zero-order valence-electron chi connectivity index (χ0n) is 23.3. The van der Waals surface area contributed by atoms with Crippen LogP contribution in [0.2, 0.25) is 0 Å². The molecule has 40 heavy (non-hydrogen) atoms. The van der Waals surface area contributed by atoms with Crippen LogP contribution in [-0.2, 0) is 6.54 Å². The largest absolute Gasteiger partial charge is 0.478 e. The van der Waals surface area contributed by atoms with Crippen molar-refractivity contribution in [1.82, 2.24) is 15.5 Å². The van der Waals surface area contributed by atoms with Gasteiger partial charge >= 0.3 is 5.97 Å². The summed E-state index contributed by atoms with van der Waals surface area (Å²) in [5, 5.41) is 18.5. The molecule has 2 fully saturated rings. The molecule has 0 bridgehead atoms. The molecular formula is C31H35FN4O3S. The Morgan fingerprint density at radius 3 is 2.65 bits per heavy atom. The summed E-state index contributed by atoms with van der Waals surface area (Å²) in [5.41, 5.74) is 5.90. The minimum Gasteiger partial charge on any atom is -0.478 e. The first-order valence-electron chi connectivity index (χ1n) is 14.1. The van der Waals surface area contributed by atoms with Crippen LogP contribution in [0.5, 0.6) is 0 Å². The van der Waals surface area contributed by atoms with Crippen molar-refractivity contribution in [3.05, 3.63) is 64.2 Å². The molecule has 1 aliphatic heterocycles. The first-order valence-corrected chi connectivity index (χ1v) is 15.0. The number of aromatic nitrogens is 2. The van der Waals surface area contributed by atoms with Crippen LogP contribution in [0.25, 0.3) is 21.5 Å². The van der Waals surface area contributed by atoms with E-state index in [9.17, 15) is 14.3 Å². The number of anilines is 1. The maximum atomic E-state index is 14.7. The molecule has 1 saturated carbocycles. The second kappa shape index (κ2) is 10.6. The highest BCUT2D eigenvalue weighted by molar-refractivity contribution is 7.22. The second-order valence-corrected chi connectivity index (χ2v) is 12.4. The number of nitrogens with zero attached hydrogens (tertiary/aromatic N) is 3. The van der Waals surface area contributed by atoms with E-state index in [1.807, 2.05) is 0 Å². The van der Waals surface area contributed by atoms with E-state index in [-0.39, 0.29) is 23.2 Å². The lowest BCUT2D eigenvalue weighted by atomic mass is 9.90. The summed E-state index contributed by atoms with van der Waals surface area (Å²) in [6.07, 6.45) is 5.08. The van der Waals surface area contributed by atoms with Crippen molar-refractivity contribution in [3.63, 3.8) is 0 Å². The number of rotatable bonds is 8. The van der Waals surface area contributed by atoms with Gasteiger partial charge in [0, 0.05) is 41.7 Å². The Morgan fingerprint density at radius 1 is 1.23 bits per heavy atom. The highest BCUT2D eigenvalue weighted by Gasteiger charge is 2.36. The monoisotopic (exact) mass is 562 g/mol. The van der Waals surface area contributed by atoms with E-state index >= 15 is 0 Å². The van der Waals surface area contributed by atoms with Crippen molar-refractivity contribution in [2.45, 2.75) is 90.4 Å². The van der Waals surface area contributed by atoms with Crippen molar-refractivity contribution in [3.8, 4) is 11.3 Å². The molecule has 2 aromatic heterocycles. The number of nitrogens with one attached hydrogen (secondary N) is 1. The number of benzene rings is 2. The number of aryl methyl sites for hydroxylation is 2. The highest BCUT2D eigenvalue weighted by Crippen LogP contribution is 2.45. The van der Waals surface area contributed by atoms with Gasteiger partial charge < -0.3 is 19.8 Å². The summed E-state index contributed by atoms with van der Waals surface area (Å²) in [4.78, 5) is 18.4. The van der Waals surface area contributed by atoms with Crippen LogP contribution in [0.3, 0.4) is 0 Å². The summed E-state index contributed by atoms with van der Waals surface area (Å²) in [5.74, 6) is -0.233. The topological polar surface area (TPSA) is 91.5 Å². The van der Waals surface area contributed by atoms with Gasteiger partial charge in [-0.1, -0.05) is 41.6 Å².